The molecule has 2 aromatic rings. The topological polar surface area (TPSA) is 166 Å². The largest absolute Gasteiger partial charge is 0.481 e. The molecule has 1 aromatic carbocycles. The summed E-state index contributed by atoms with van der Waals surface area (Å²) in [6, 6.07) is 4.45. The summed E-state index contributed by atoms with van der Waals surface area (Å²) in [7, 11) is 0. The van der Waals surface area contributed by atoms with Gasteiger partial charge in [-0.2, -0.15) is 0 Å². The van der Waals surface area contributed by atoms with Gasteiger partial charge in [-0.3, -0.25) is 19.2 Å². The number of nitrogens with one attached hydrogen (secondary N) is 4. The van der Waals surface area contributed by atoms with Crippen LogP contribution in [0.3, 0.4) is 0 Å². The second-order valence-corrected chi connectivity index (χ2v) is 7.63. The summed E-state index contributed by atoms with van der Waals surface area (Å²) in [5, 5.41) is 17.9. The molecular formula is C21H27N5O5. The van der Waals surface area contributed by atoms with Crippen molar-refractivity contribution < 1.29 is 24.3 Å². The first-order valence-corrected chi connectivity index (χ1v) is 10.3. The van der Waals surface area contributed by atoms with Crippen molar-refractivity contribution in [1.82, 2.24) is 20.9 Å². The number of H-pyrrole nitrogens is 1. The Balaban J connectivity index is 1.87. The second kappa shape index (κ2) is 10.1. The molecule has 1 saturated heterocycles. The van der Waals surface area contributed by atoms with Crippen LogP contribution in [0.15, 0.2) is 30.5 Å². The van der Waals surface area contributed by atoms with Crippen LogP contribution >= 0.6 is 0 Å². The smallest absolute Gasteiger partial charge is 0.305 e. The Labute approximate surface area is 178 Å². The average molecular weight is 429 g/mol. The van der Waals surface area contributed by atoms with Gasteiger partial charge in [0.15, 0.2) is 0 Å². The van der Waals surface area contributed by atoms with Crippen molar-refractivity contribution in [3.63, 3.8) is 0 Å². The number of carbonyl (C=O) groups is 4. The Morgan fingerprint density at radius 2 is 1.58 bits per heavy atom. The fourth-order valence-electron chi connectivity index (χ4n) is 3.69. The minimum Gasteiger partial charge on any atom is -0.481 e. The van der Waals surface area contributed by atoms with Crippen LogP contribution in [0.4, 0.5) is 0 Å². The highest BCUT2D eigenvalue weighted by atomic mass is 16.4. The van der Waals surface area contributed by atoms with E-state index in [2.05, 4.69) is 20.9 Å². The van der Waals surface area contributed by atoms with E-state index in [9.17, 15) is 19.2 Å². The average Bonchev–Trinajstić information content (AvgIpc) is 3.15. The number of carboxylic acid groups (broad SMARTS) is 1. The number of aliphatic carboxylic acids is 1. The molecule has 10 heteroatoms. The molecule has 31 heavy (non-hydrogen) atoms. The first-order valence-electron chi connectivity index (χ1n) is 10.3. The number of carboxylic acids is 1. The summed E-state index contributed by atoms with van der Waals surface area (Å²) in [5.41, 5.74) is 7.23. The van der Waals surface area contributed by atoms with Gasteiger partial charge in [0, 0.05) is 23.5 Å². The number of hydrogen-bond donors (Lipinski definition) is 6. The monoisotopic (exact) mass is 429 g/mol. The maximum Gasteiger partial charge on any atom is 0.305 e. The highest BCUT2D eigenvalue weighted by Gasteiger charge is 2.34. The molecule has 7 N–H and O–H groups in total. The lowest BCUT2D eigenvalue weighted by Gasteiger charge is -2.20. The molecule has 0 unspecified atom stereocenters. The summed E-state index contributed by atoms with van der Waals surface area (Å²) >= 11 is 0. The third-order valence-corrected chi connectivity index (χ3v) is 5.32. The van der Waals surface area contributed by atoms with Gasteiger partial charge >= 0.3 is 5.97 Å². The van der Waals surface area contributed by atoms with Crippen molar-refractivity contribution in [2.45, 2.75) is 50.2 Å². The van der Waals surface area contributed by atoms with E-state index in [0.717, 1.165) is 16.5 Å². The summed E-state index contributed by atoms with van der Waals surface area (Å²) in [6.07, 6.45) is 2.99. The highest BCUT2D eigenvalue weighted by Crippen LogP contribution is 2.19. The molecule has 1 aliphatic heterocycles. The van der Waals surface area contributed by atoms with Crippen molar-refractivity contribution in [2.75, 3.05) is 6.54 Å². The van der Waals surface area contributed by atoms with Crippen LogP contribution in [0.25, 0.3) is 10.9 Å². The molecule has 10 nitrogen and oxygen atoms in total. The molecular weight excluding hydrogens is 402 g/mol. The number of nitrogens with two attached hydrogens (primary N) is 1. The van der Waals surface area contributed by atoms with E-state index in [1.54, 1.807) is 6.20 Å². The van der Waals surface area contributed by atoms with E-state index in [0.29, 0.717) is 25.8 Å². The van der Waals surface area contributed by atoms with Crippen LogP contribution < -0.4 is 21.7 Å². The molecule has 3 rings (SSSR count). The fourth-order valence-corrected chi connectivity index (χ4v) is 3.69. The summed E-state index contributed by atoms with van der Waals surface area (Å²) < 4.78 is 0. The first kappa shape index (κ1) is 22.3. The maximum atomic E-state index is 12.9. The van der Waals surface area contributed by atoms with Gasteiger partial charge in [-0.25, -0.2) is 0 Å². The van der Waals surface area contributed by atoms with Crippen molar-refractivity contribution in [1.29, 1.82) is 0 Å². The number of hydrogen-bond acceptors (Lipinski definition) is 5. The van der Waals surface area contributed by atoms with Crippen molar-refractivity contribution in [3.05, 3.63) is 36.0 Å². The van der Waals surface area contributed by atoms with Gasteiger partial charge in [0.2, 0.25) is 17.7 Å². The van der Waals surface area contributed by atoms with Crippen molar-refractivity contribution in [3.8, 4) is 0 Å². The molecule has 1 aliphatic rings. The number of amides is 3. The molecule has 166 valence electrons. The predicted molar refractivity (Wildman–Crippen MR) is 113 cm³/mol. The zero-order valence-corrected chi connectivity index (χ0v) is 17.0. The van der Waals surface area contributed by atoms with Crippen LogP contribution in [0.2, 0.25) is 0 Å². The summed E-state index contributed by atoms with van der Waals surface area (Å²) in [5.74, 6) is -3.02. The lowest BCUT2D eigenvalue weighted by Crippen LogP contribution is -2.52. The minimum absolute atomic E-state index is 0.186. The Morgan fingerprint density at radius 3 is 2.32 bits per heavy atom. The molecule has 1 fully saturated rings. The van der Waals surface area contributed by atoms with Crippen LogP contribution in [0, 0.1) is 0 Å². The number of unbranched alkanes of at least 4 members (excludes halogenated alkanes) is 1. The molecule has 0 saturated carbocycles. The van der Waals surface area contributed by atoms with E-state index in [4.69, 9.17) is 10.8 Å². The Hall–Kier alpha value is -3.40. The lowest BCUT2D eigenvalue weighted by molar-refractivity contribution is -0.140. The molecule has 3 atom stereocenters. The zero-order chi connectivity index (χ0) is 22.4. The molecule has 1 aromatic heterocycles. The number of benzene rings is 1. The molecule has 0 radical (unpaired) electrons. The molecule has 0 bridgehead atoms. The van der Waals surface area contributed by atoms with E-state index in [-0.39, 0.29) is 6.42 Å². The minimum atomic E-state index is -1.28. The van der Waals surface area contributed by atoms with Gasteiger partial charge in [-0.15, -0.1) is 0 Å². The molecule has 0 spiro atoms. The zero-order valence-electron chi connectivity index (χ0n) is 17.0. The van der Waals surface area contributed by atoms with Gasteiger partial charge in [0.25, 0.3) is 0 Å². The third kappa shape index (κ3) is 5.60. The van der Waals surface area contributed by atoms with E-state index < -0.39 is 48.2 Å². The maximum absolute atomic E-state index is 12.9. The van der Waals surface area contributed by atoms with Gasteiger partial charge in [-0.05, 0) is 37.4 Å². The lowest BCUT2D eigenvalue weighted by atomic mass is 10.0. The number of aromatic nitrogens is 1. The molecule has 0 aliphatic carbocycles. The van der Waals surface area contributed by atoms with Crippen LogP contribution in [0.1, 0.15) is 31.2 Å². The van der Waals surface area contributed by atoms with Crippen LogP contribution in [0.5, 0.6) is 0 Å². The molecule has 2 heterocycles. The predicted octanol–water partition coefficient (Wildman–Crippen LogP) is -0.218. The van der Waals surface area contributed by atoms with Crippen LogP contribution in [-0.4, -0.2) is 58.5 Å². The Morgan fingerprint density at radius 1 is 0.935 bits per heavy atom. The normalized spacial score (nSPS) is 22.1. The first-order chi connectivity index (χ1) is 14.9. The Kier molecular flexibility index (Phi) is 7.24. The SMILES string of the molecule is NCCCC[C@H]1NC(=O)[C@H](CC(=O)O)NC(=O)[C@@H](Cc2c[nH]c3ccccc23)NC1=O. The number of rotatable bonds is 8. The summed E-state index contributed by atoms with van der Waals surface area (Å²) in [4.78, 5) is 52.7. The van der Waals surface area contributed by atoms with Crippen molar-refractivity contribution >= 4 is 34.6 Å². The van der Waals surface area contributed by atoms with E-state index in [1.807, 2.05) is 24.3 Å². The van der Waals surface area contributed by atoms with E-state index >= 15 is 0 Å². The Bertz CT molecular complexity index is 972. The van der Waals surface area contributed by atoms with Gasteiger partial charge in [0.05, 0.1) is 6.42 Å². The third-order valence-electron chi connectivity index (χ3n) is 5.32. The number of carbonyl (C=O) groups excluding carboxylic acids is 3. The van der Waals surface area contributed by atoms with Gasteiger partial charge in [0.1, 0.15) is 18.1 Å². The number of fused-ring (bicyclic) bond motifs is 1. The van der Waals surface area contributed by atoms with Crippen molar-refractivity contribution in [2.24, 2.45) is 5.73 Å². The number of aromatic amines is 1. The van der Waals surface area contributed by atoms with Gasteiger partial charge < -0.3 is 31.8 Å². The quantitative estimate of drug-likeness (QED) is 0.317. The number of para-hydroxylation sites is 1. The molecule has 3 amide bonds. The van der Waals surface area contributed by atoms with E-state index in [1.165, 1.54) is 0 Å². The summed E-state index contributed by atoms with van der Waals surface area (Å²) in [6.45, 7) is 0.452. The van der Waals surface area contributed by atoms with Gasteiger partial charge in [-0.1, -0.05) is 18.2 Å². The second-order valence-electron chi connectivity index (χ2n) is 7.63. The fraction of sp³-hybridized carbons (Fsp3) is 0.429. The van der Waals surface area contributed by atoms with Crippen LogP contribution in [-0.2, 0) is 25.6 Å². The standard InChI is InChI=1S/C21H27N5O5/c22-8-4-3-7-15-19(29)25-16(9-12-11-23-14-6-2-1-5-13(12)14)20(30)26-17(10-18(27)28)21(31)24-15/h1-2,5-6,11,15-17,23H,3-4,7-10,22H2,(H,24,31)(H,25,29)(H,26,30)(H,27,28)/t15-,16-,17+/m1/s1. The highest BCUT2D eigenvalue weighted by molar-refractivity contribution is 5.98.